The number of carboxylic acids is 1. The summed E-state index contributed by atoms with van der Waals surface area (Å²) in [5.74, 6) is -0.690. The summed E-state index contributed by atoms with van der Waals surface area (Å²) in [4.78, 5) is 10.6. The molecule has 0 saturated heterocycles. The molecule has 0 unspecified atom stereocenters. The molecular weight excluding hydrogens is 232 g/mol. The lowest BCUT2D eigenvalue weighted by Gasteiger charge is -2.08. The molecule has 0 atom stereocenters. The third-order valence-corrected chi connectivity index (χ3v) is 3.19. The summed E-state index contributed by atoms with van der Waals surface area (Å²) >= 11 is 0. The number of aliphatic carboxylic acids is 1. The second kappa shape index (κ2) is 4.52. The highest BCUT2D eigenvalue weighted by Gasteiger charge is 2.16. The molecule has 6 heteroatoms. The SMILES string of the molecule is COc1ccc(CC(=O)O)c(S(C)(=O)=O)c1. The molecular formula is C10H12O5S. The van der Waals surface area contributed by atoms with Gasteiger partial charge in [-0.3, -0.25) is 4.79 Å². The Kier molecular flexibility index (Phi) is 3.54. The first-order valence-electron chi connectivity index (χ1n) is 4.43. The molecule has 0 heterocycles. The van der Waals surface area contributed by atoms with E-state index < -0.39 is 15.8 Å². The first-order chi connectivity index (χ1) is 7.34. The van der Waals surface area contributed by atoms with Crippen molar-refractivity contribution < 1.29 is 23.1 Å². The van der Waals surface area contributed by atoms with Gasteiger partial charge in [0, 0.05) is 6.26 Å². The van der Waals surface area contributed by atoms with E-state index in [-0.39, 0.29) is 16.9 Å². The van der Waals surface area contributed by atoms with Crippen LogP contribution in [-0.4, -0.2) is 32.9 Å². The predicted molar refractivity (Wildman–Crippen MR) is 57.4 cm³/mol. The minimum atomic E-state index is -3.46. The Morgan fingerprint density at radius 1 is 1.44 bits per heavy atom. The smallest absolute Gasteiger partial charge is 0.307 e. The minimum absolute atomic E-state index is 0.00532. The maximum Gasteiger partial charge on any atom is 0.307 e. The maximum absolute atomic E-state index is 11.5. The summed E-state index contributed by atoms with van der Waals surface area (Å²) in [6, 6.07) is 4.31. The van der Waals surface area contributed by atoms with E-state index in [0.29, 0.717) is 5.75 Å². The van der Waals surface area contributed by atoms with Gasteiger partial charge in [-0.25, -0.2) is 8.42 Å². The van der Waals surface area contributed by atoms with E-state index in [1.165, 1.54) is 25.3 Å². The summed E-state index contributed by atoms with van der Waals surface area (Å²) in [5.41, 5.74) is 0.260. The summed E-state index contributed by atoms with van der Waals surface area (Å²) in [6.45, 7) is 0. The number of hydrogen-bond donors (Lipinski definition) is 1. The fraction of sp³-hybridized carbons (Fsp3) is 0.300. The van der Waals surface area contributed by atoms with Crippen LogP contribution >= 0.6 is 0 Å². The zero-order chi connectivity index (χ0) is 12.3. The van der Waals surface area contributed by atoms with Crippen LogP contribution in [0, 0.1) is 0 Å². The van der Waals surface area contributed by atoms with Crippen LogP contribution < -0.4 is 4.74 Å². The zero-order valence-corrected chi connectivity index (χ0v) is 9.74. The lowest BCUT2D eigenvalue weighted by Crippen LogP contribution is -2.07. The van der Waals surface area contributed by atoms with E-state index in [9.17, 15) is 13.2 Å². The first-order valence-corrected chi connectivity index (χ1v) is 6.32. The van der Waals surface area contributed by atoms with E-state index in [4.69, 9.17) is 9.84 Å². The quantitative estimate of drug-likeness (QED) is 0.844. The Morgan fingerprint density at radius 2 is 2.06 bits per heavy atom. The van der Waals surface area contributed by atoms with E-state index >= 15 is 0 Å². The number of benzene rings is 1. The standard InChI is InChI=1S/C10H12O5S/c1-15-8-4-3-7(5-10(11)12)9(6-8)16(2,13)14/h3-4,6H,5H2,1-2H3,(H,11,12). The van der Waals surface area contributed by atoms with Gasteiger partial charge in [-0.1, -0.05) is 6.07 Å². The second-order valence-corrected chi connectivity index (χ2v) is 5.30. The Morgan fingerprint density at radius 3 is 2.50 bits per heavy atom. The van der Waals surface area contributed by atoms with Crippen molar-refractivity contribution in [2.45, 2.75) is 11.3 Å². The van der Waals surface area contributed by atoms with Gasteiger partial charge in [0.1, 0.15) is 5.75 Å². The summed E-state index contributed by atoms with van der Waals surface area (Å²) in [6.07, 6.45) is 0.708. The van der Waals surface area contributed by atoms with Crippen LogP contribution in [-0.2, 0) is 21.1 Å². The normalized spacial score (nSPS) is 11.1. The van der Waals surface area contributed by atoms with Gasteiger partial charge in [0.2, 0.25) is 0 Å². The molecule has 0 radical (unpaired) electrons. The molecule has 0 aliphatic carbocycles. The van der Waals surface area contributed by atoms with Gasteiger partial charge in [0.05, 0.1) is 18.4 Å². The van der Waals surface area contributed by atoms with Gasteiger partial charge in [0.25, 0.3) is 0 Å². The Bertz CT molecular complexity index is 504. The van der Waals surface area contributed by atoms with Gasteiger partial charge in [-0.2, -0.15) is 0 Å². The van der Waals surface area contributed by atoms with Crippen LogP contribution in [0.4, 0.5) is 0 Å². The number of methoxy groups -OCH3 is 1. The average molecular weight is 244 g/mol. The molecule has 0 aliphatic heterocycles. The lowest BCUT2D eigenvalue weighted by molar-refractivity contribution is -0.136. The van der Waals surface area contributed by atoms with Crippen LogP contribution in [0.15, 0.2) is 23.1 Å². The summed E-state index contributed by atoms with van der Waals surface area (Å²) < 4.78 is 27.8. The van der Waals surface area contributed by atoms with Crippen molar-refractivity contribution in [1.82, 2.24) is 0 Å². The summed E-state index contributed by atoms with van der Waals surface area (Å²) in [7, 11) is -2.04. The third-order valence-electron chi connectivity index (χ3n) is 2.02. The van der Waals surface area contributed by atoms with E-state index in [2.05, 4.69) is 0 Å². The molecule has 1 aromatic carbocycles. The minimum Gasteiger partial charge on any atom is -0.497 e. The second-order valence-electron chi connectivity index (χ2n) is 3.32. The van der Waals surface area contributed by atoms with Gasteiger partial charge >= 0.3 is 5.97 Å². The molecule has 0 bridgehead atoms. The molecule has 5 nitrogen and oxygen atoms in total. The fourth-order valence-electron chi connectivity index (χ4n) is 1.32. The molecule has 0 aromatic heterocycles. The highest BCUT2D eigenvalue weighted by molar-refractivity contribution is 7.90. The lowest BCUT2D eigenvalue weighted by atomic mass is 10.1. The van der Waals surface area contributed by atoms with Crippen molar-refractivity contribution in [3.05, 3.63) is 23.8 Å². The molecule has 0 fully saturated rings. The van der Waals surface area contributed by atoms with Crippen LogP contribution in [0.5, 0.6) is 5.75 Å². The van der Waals surface area contributed by atoms with Gasteiger partial charge < -0.3 is 9.84 Å². The van der Waals surface area contributed by atoms with Crippen LogP contribution in [0.2, 0.25) is 0 Å². The van der Waals surface area contributed by atoms with E-state index in [1.807, 2.05) is 0 Å². The zero-order valence-electron chi connectivity index (χ0n) is 8.93. The number of sulfone groups is 1. The number of carbonyl (C=O) groups is 1. The van der Waals surface area contributed by atoms with Crippen molar-refractivity contribution in [2.24, 2.45) is 0 Å². The number of hydrogen-bond acceptors (Lipinski definition) is 4. The molecule has 1 N–H and O–H groups in total. The number of rotatable bonds is 4. The van der Waals surface area contributed by atoms with Crippen molar-refractivity contribution in [3.8, 4) is 5.75 Å². The number of carboxylic acid groups (broad SMARTS) is 1. The van der Waals surface area contributed by atoms with Gasteiger partial charge in [-0.05, 0) is 17.7 Å². The Balaban J connectivity index is 3.33. The molecule has 0 amide bonds. The predicted octanol–water partition coefficient (Wildman–Crippen LogP) is 0.726. The monoisotopic (exact) mass is 244 g/mol. The molecule has 1 aromatic rings. The Labute approximate surface area is 93.6 Å². The first kappa shape index (κ1) is 12.5. The third kappa shape index (κ3) is 2.96. The van der Waals surface area contributed by atoms with E-state index in [1.54, 1.807) is 0 Å². The van der Waals surface area contributed by atoms with Crippen LogP contribution in [0.1, 0.15) is 5.56 Å². The highest BCUT2D eigenvalue weighted by atomic mass is 32.2. The largest absolute Gasteiger partial charge is 0.497 e. The molecule has 0 spiro atoms. The van der Waals surface area contributed by atoms with E-state index in [0.717, 1.165) is 6.26 Å². The molecule has 0 saturated carbocycles. The molecule has 1 rings (SSSR count). The highest BCUT2D eigenvalue weighted by Crippen LogP contribution is 2.22. The van der Waals surface area contributed by atoms with Crippen LogP contribution in [0.3, 0.4) is 0 Å². The molecule has 0 aliphatic rings. The van der Waals surface area contributed by atoms with Crippen molar-refractivity contribution in [2.75, 3.05) is 13.4 Å². The molecule has 16 heavy (non-hydrogen) atoms. The van der Waals surface area contributed by atoms with Crippen molar-refractivity contribution in [3.63, 3.8) is 0 Å². The summed E-state index contributed by atoms with van der Waals surface area (Å²) in [5, 5.41) is 8.66. The maximum atomic E-state index is 11.5. The molecule has 88 valence electrons. The van der Waals surface area contributed by atoms with Crippen LogP contribution in [0.25, 0.3) is 0 Å². The number of ether oxygens (including phenoxy) is 1. The Hall–Kier alpha value is -1.56. The van der Waals surface area contributed by atoms with Crippen molar-refractivity contribution >= 4 is 15.8 Å². The van der Waals surface area contributed by atoms with Crippen molar-refractivity contribution in [1.29, 1.82) is 0 Å². The topological polar surface area (TPSA) is 80.7 Å². The fourth-order valence-corrected chi connectivity index (χ4v) is 2.26. The van der Waals surface area contributed by atoms with Gasteiger partial charge in [-0.15, -0.1) is 0 Å². The van der Waals surface area contributed by atoms with Gasteiger partial charge in [0.15, 0.2) is 9.84 Å². The average Bonchev–Trinajstić information content (AvgIpc) is 2.15.